The molecule has 0 saturated carbocycles. The average molecular weight is 320 g/mol. The Morgan fingerprint density at radius 3 is 2.08 bits per heavy atom. The van der Waals surface area contributed by atoms with Crippen molar-refractivity contribution >= 4 is 23.2 Å². The second kappa shape index (κ2) is 5.96. The van der Waals surface area contributed by atoms with E-state index in [9.17, 15) is 9.59 Å². The van der Waals surface area contributed by atoms with E-state index in [1.165, 1.54) is 11.0 Å². The standard InChI is InChI=1S/C20H20N2O2/c1-12-5-7-16(14(3)9-12)21-17-11-19(23)22(20(17)24)18-8-6-13(2)10-15(18)4/h5-11,21H,1-4H3. The first-order valence-corrected chi connectivity index (χ1v) is 7.88. The molecule has 3 rings (SSSR count). The average Bonchev–Trinajstić information content (AvgIpc) is 2.77. The van der Waals surface area contributed by atoms with Gasteiger partial charge in [-0.15, -0.1) is 0 Å². The summed E-state index contributed by atoms with van der Waals surface area (Å²) in [6, 6.07) is 11.6. The summed E-state index contributed by atoms with van der Waals surface area (Å²) >= 11 is 0. The minimum absolute atomic E-state index is 0.298. The van der Waals surface area contributed by atoms with Gasteiger partial charge in [-0.25, -0.2) is 4.90 Å². The lowest BCUT2D eigenvalue weighted by Gasteiger charge is -2.18. The molecule has 122 valence electrons. The molecule has 4 nitrogen and oxygen atoms in total. The van der Waals surface area contributed by atoms with Gasteiger partial charge in [0.1, 0.15) is 5.70 Å². The van der Waals surface area contributed by atoms with Gasteiger partial charge in [0.05, 0.1) is 5.69 Å². The number of carbonyl (C=O) groups is 2. The Balaban J connectivity index is 1.89. The van der Waals surface area contributed by atoms with Crippen molar-refractivity contribution in [1.29, 1.82) is 0 Å². The van der Waals surface area contributed by atoms with Gasteiger partial charge in [0.15, 0.2) is 0 Å². The highest BCUT2D eigenvalue weighted by Crippen LogP contribution is 2.28. The topological polar surface area (TPSA) is 49.4 Å². The third-order valence-corrected chi connectivity index (χ3v) is 4.17. The number of anilines is 2. The molecule has 0 aliphatic carbocycles. The van der Waals surface area contributed by atoms with Crippen LogP contribution in [0.25, 0.3) is 0 Å². The number of benzene rings is 2. The first-order chi connectivity index (χ1) is 11.4. The second-order valence-corrected chi connectivity index (χ2v) is 6.27. The van der Waals surface area contributed by atoms with Crippen LogP contribution in [0.3, 0.4) is 0 Å². The van der Waals surface area contributed by atoms with Crippen molar-refractivity contribution in [2.24, 2.45) is 0 Å². The fraction of sp³-hybridized carbons (Fsp3) is 0.200. The van der Waals surface area contributed by atoms with E-state index in [1.807, 2.05) is 64.1 Å². The third-order valence-electron chi connectivity index (χ3n) is 4.17. The Kier molecular flexibility index (Phi) is 3.97. The van der Waals surface area contributed by atoms with Crippen molar-refractivity contribution < 1.29 is 9.59 Å². The Hall–Kier alpha value is -2.88. The fourth-order valence-corrected chi connectivity index (χ4v) is 2.94. The highest BCUT2D eigenvalue weighted by molar-refractivity contribution is 6.31. The van der Waals surface area contributed by atoms with E-state index in [2.05, 4.69) is 5.32 Å². The number of carbonyl (C=O) groups excluding carboxylic acids is 2. The van der Waals surface area contributed by atoms with Crippen LogP contribution < -0.4 is 10.2 Å². The summed E-state index contributed by atoms with van der Waals surface area (Å²) in [4.78, 5) is 26.3. The van der Waals surface area contributed by atoms with Crippen LogP contribution in [0.5, 0.6) is 0 Å². The van der Waals surface area contributed by atoms with Crippen LogP contribution in [0, 0.1) is 27.7 Å². The normalized spacial score (nSPS) is 14.2. The molecule has 1 aliphatic heterocycles. The van der Waals surface area contributed by atoms with Gasteiger partial charge < -0.3 is 5.32 Å². The molecular weight excluding hydrogens is 300 g/mol. The zero-order chi connectivity index (χ0) is 17.4. The Bertz CT molecular complexity index is 881. The number of amides is 2. The fourth-order valence-electron chi connectivity index (χ4n) is 2.94. The van der Waals surface area contributed by atoms with Gasteiger partial charge in [0, 0.05) is 11.8 Å². The summed E-state index contributed by atoms with van der Waals surface area (Å²) in [5.74, 6) is -0.647. The van der Waals surface area contributed by atoms with Crippen molar-refractivity contribution in [3.63, 3.8) is 0 Å². The van der Waals surface area contributed by atoms with Crippen LogP contribution in [-0.2, 0) is 9.59 Å². The third kappa shape index (κ3) is 2.83. The number of hydrogen-bond acceptors (Lipinski definition) is 3. The van der Waals surface area contributed by atoms with E-state index < -0.39 is 0 Å². The highest BCUT2D eigenvalue weighted by Gasteiger charge is 2.33. The molecule has 0 radical (unpaired) electrons. The minimum atomic E-state index is -0.327. The summed E-state index contributed by atoms with van der Waals surface area (Å²) in [5.41, 5.74) is 5.93. The molecule has 0 spiro atoms. The smallest absolute Gasteiger partial charge is 0.281 e. The number of rotatable bonds is 3. The largest absolute Gasteiger partial charge is 0.351 e. The van der Waals surface area contributed by atoms with Gasteiger partial charge in [-0.2, -0.15) is 0 Å². The van der Waals surface area contributed by atoms with Crippen molar-refractivity contribution in [1.82, 2.24) is 0 Å². The molecule has 0 atom stereocenters. The van der Waals surface area contributed by atoms with Crippen molar-refractivity contribution in [3.8, 4) is 0 Å². The van der Waals surface area contributed by atoms with Gasteiger partial charge in [-0.1, -0.05) is 35.4 Å². The first-order valence-electron chi connectivity index (χ1n) is 7.88. The van der Waals surface area contributed by atoms with Gasteiger partial charge in [0.25, 0.3) is 11.8 Å². The Morgan fingerprint density at radius 1 is 0.833 bits per heavy atom. The monoisotopic (exact) mass is 320 g/mol. The van der Waals surface area contributed by atoms with E-state index in [-0.39, 0.29) is 11.8 Å². The maximum atomic E-state index is 12.7. The molecular formula is C20H20N2O2. The van der Waals surface area contributed by atoms with E-state index >= 15 is 0 Å². The number of imide groups is 1. The summed E-state index contributed by atoms with van der Waals surface area (Å²) in [6.45, 7) is 7.87. The minimum Gasteiger partial charge on any atom is -0.351 e. The molecule has 0 fully saturated rings. The molecule has 24 heavy (non-hydrogen) atoms. The van der Waals surface area contributed by atoms with Crippen molar-refractivity contribution in [2.75, 3.05) is 10.2 Å². The van der Waals surface area contributed by atoms with Gasteiger partial charge in [-0.05, 0) is 51.0 Å². The van der Waals surface area contributed by atoms with Gasteiger partial charge in [0.2, 0.25) is 0 Å². The molecule has 2 aromatic rings. The summed E-state index contributed by atoms with van der Waals surface area (Å²) in [6.07, 6.45) is 1.36. The molecule has 1 heterocycles. The van der Waals surface area contributed by atoms with Crippen LogP contribution in [0.1, 0.15) is 22.3 Å². The number of hydrogen-bond donors (Lipinski definition) is 1. The lowest BCUT2D eigenvalue weighted by molar-refractivity contribution is -0.120. The first kappa shape index (κ1) is 16.0. The maximum absolute atomic E-state index is 12.7. The second-order valence-electron chi connectivity index (χ2n) is 6.27. The highest BCUT2D eigenvalue weighted by atomic mass is 16.2. The zero-order valence-electron chi connectivity index (χ0n) is 14.3. The number of nitrogens with one attached hydrogen (secondary N) is 1. The van der Waals surface area contributed by atoms with Gasteiger partial charge in [-0.3, -0.25) is 9.59 Å². The molecule has 1 N–H and O–H groups in total. The quantitative estimate of drug-likeness (QED) is 0.875. The molecule has 0 saturated heterocycles. The predicted molar refractivity (Wildman–Crippen MR) is 96.0 cm³/mol. The van der Waals surface area contributed by atoms with E-state index in [1.54, 1.807) is 0 Å². The molecule has 1 aliphatic rings. The number of nitrogens with zero attached hydrogens (tertiary/aromatic N) is 1. The molecule has 0 bridgehead atoms. The zero-order valence-corrected chi connectivity index (χ0v) is 14.3. The molecule has 2 aromatic carbocycles. The van der Waals surface area contributed by atoms with Crippen LogP contribution in [0.15, 0.2) is 48.2 Å². The Morgan fingerprint density at radius 2 is 1.46 bits per heavy atom. The van der Waals surface area contributed by atoms with E-state index in [0.29, 0.717) is 11.4 Å². The lowest BCUT2D eigenvalue weighted by Crippen LogP contribution is -2.32. The SMILES string of the molecule is Cc1ccc(NC2=CC(=O)N(c3ccc(C)cc3C)C2=O)c(C)c1. The predicted octanol–water partition coefficient (Wildman–Crippen LogP) is 3.79. The van der Waals surface area contributed by atoms with Gasteiger partial charge >= 0.3 is 0 Å². The number of aryl methyl sites for hydroxylation is 4. The summed E-state index contributed by atoms with van der Waals surface area (Å²) in [5, 5.41) is 3.10. The van der Waals surface area contributed by atoms with Crippen LogP contribution in [-0.4, -0.2) is 11.8 Å². The van der Waals surface area contributed by atoms with Crippen molar-refractivity contribution in [3.05, 3.63) is 70.4 Å². The summed E-state index contributed by atoms with van der Waals surface area (Å²) < 4.78 is 0. The van der Waals surface area contributed by atoms with E-state index in [0.717, 1.165) is 27.9 Å². The molecule has 0 aromatic heterocycles. The maximum Gasteiger partial charge on any atom is 0.281 e. The Labute approximate surface area is 141 Å². The summed E-state index contributed by atoms with van der Waals surface area (Å²) in [7, 11) is 0. The van der Waals surface area contributed by atoms with Crippen LogP contribution >= 0.6 is 0 Å². The molecule has 4 heteroatoms. The lowest BCUT2D eigenvalue weighted by atomic mass is 10.1. The van der Waals surface area contributed by atoms with Crippen LogP contribution in [0.2, 0.25) is 0 Å². The van der Waals surface area contributed by atoms with E-state index in [4.69, 9.17) is 0 Å². The molecule has 2 amide bonds. The molecule has 0 unspecified atom stereocenters. The van der Waals surface area contributed by atoms with Crippen LogP contribution in [0.4, 0.5) is 11.4 Å². The van der Waals surface area contributed by atoms with Crippen molar-refractivity contribution in [2.45, 2.75) is 27.7 Å².